The van der Waals surface area contributed by atoms with Gasteiger partial charge in [0.05, 0.1) is 17.4 Å². The number of hydrogen-bond donors (Lipinski definition) is 0. The predicted molar refractivity (Wildman–Crippen MR) is 81.9 cm³/mol. The van der Waals surface area contributed by atoms with E-state index in [9.17, 15) is 0 Å². The zero-order chi connectivity index (χ0) is 13.9. The molecule has 4 nitrogen and oxygen atoms in total. The second-order valence-electron chi connectivity index (χ2n) is 4.33. The van der Waals surface area contributed by atoms with E-state index >= 15 is 0 Å². The van der Waals surface area contributed by atoms with E-state index in [4.69, 9.17) is 0 Å². The SMILES string of the molecule is C=CCSc1nncc2c(C)nc(-c3ccccc3)n12. The lowest BCUT2D eigenvalue weighted by molar-refractivity contribution is 0.811. The summed E-state index contributed by atoms with van der Waals surface area (Å²) in [4.78, 5) is 4.67. The Bertz CT molecular complexity index is 749. The molecule has 1 aromatic carbocycles. The molecule has 0 saturated heterocycles. The Labute approximate surface area is 121 Å². The highest BCUT2D eigenvalue weighted by Gasteiger charge is 2.14. The summed E-state index contributed by atoms with van der Waals surface area (Å²) in [5.74, 6) is 1.69. The van der Waals surface area contributed by atoms with Gasteiger partial charge in [-0.05, 0) is 6.92 Å². The number of benzene rings is 1. The molecule has 20 heavy (non-hydrogen) atoms. The summed E-state index contributed by atoms with van der Waals surface area (Å²) in [5, 5.41) is 9.13. The molecule has 2 aromatic heterocycles. The van der Waals surface area contributed by atoms with E-state index in [2.05, 4.69) is 38.3 Å². The third kappa shape index (κ3) is 2.20. The number of imidazole rings is 1. The van der Waals surface area contributed by atoms with Gasteiger partial charge in [-0.25, -0.2) is 4.98 Å². The fourth-order valence-electron chi connectivity index (χ4n) is 2.07. The van der Waals surface area contributed by atoms with Crippen LogP contribution in [0.1, 0.15) is 5.69 Å². The Morgan fingerprint density at radius 2 is 2.10 bits per heavy atom. The topological polar surface area (TPSA) is 43.1 Å². The van der Waals surface area contributed by atoms with Crippen LogP contribution < -0.4 is 0 Å². The molecule has 0 fully saturated rings. The first kappa shape index (κ1) is 12.9. The molecule has 0 spiro atoms. The number of hydrogen-bond acceptors (Lipinski definition) is 4. The highest BCUT2D eigenvalue weighted by atomic mass is 32.2. The lowest BCUT2D eigenvalue weighted by atomic mass is 10.2. The molecule has 0 aliphatic heterocycles. The van der Waals surface area contributed by atoms with Gasteiger partial charge in [0, 0.05) is 11.3 Å². The van der Waals surface area contributed by atoms with Crippen LogP contribution in [0.25, 0.3) is 16.9 Å². The van der Waals surface area contributed by atoms with Gasteiger partial charge in [-0.3, -0.25) is 4.40 Å². The van der Waals surface area contributed by atoms with Gasteiger partial charge >= 0.3 is 0 Å². The quantitative estimate of drug-likeness (QED) is 0.543. The summed E-state index contributed by atoms with van der Waals surface area (Å²) >= 11 is 1.60. The monoisotopic (exact) mass is 282 g/mol. The van der Waals surface area contributed by atoms with Crippen molar-refractivity contribution in [3.63, 3.8) is 0 Å². The van der Waals surface area contributed by atoms with Gasteiger partial charge in [0.1, 0.15) is 5.82 Å². The second-order valence-corrected chi connectivity index (χ2v) is 5.32. The Morgan fingerprint density at radius 1 is 1.30 bits per heavy atom. The molecule has 0 aliphatic rings. The summed E-state index contributed by atoms with van der Waals surface area (Å²) in [7, 11) is 0. The molecule has 5 heteroatoms. The lowest BCUT2D eigenvalue weighted by Crippen LogP contribution is -1.99. The van der Waals surface area contributed by atoms with Crippen LogP contribution in [0.15, 0.2) is 54.3 Å². The zero-order valence-electron chi connectivity index (χ0n) is 11.2. The maximum Gasteiger partial charge on any atom is 0.196 e. The molecule has 0 radical (unpaired) electrons. The molecular formula is C15H14N4S. The third-order valence-electron chi connectivity index (χ3n) is 2.97. The molecule has 0 bridgehead atoms. The standard InChI is InChI=1S/C15H14N4S/c1-3-9-20-15-18-16-10-13-11(2)17-14(19(13)15)12-7-5-4-6-8-12/h3-8,10H,1,9H2,2H3. The molecule has 3 aromatic rings. The summed E-state index contributed by atoms with van der Waals surface area (Å²) in [6, 6.07) is 10.1. The van der Waals surface area contributed by atoms with Crippen molar-refractivity contribution in [3.8, 4) is 11.4 Å². The molecule has 0 saturated carbocycles. The van der Waals surface area contributed by atoms with E-state index in [0.29, 0.717) is 0 Å². The Hall–Kier alpha value is -2.14. The molecular weight excluding hydrogens is 268 g/mol. The summed E-state index contributed by atoms with van der Waals surface area (Å²) in [6.45, 7) is 5.74. The molecule has 0 amide bonds. The minimum atomic E-state index is 0.791. The van der Waals surface area contributed by atoms with Crippen LogP contribution in [0.4, 0.5) is 0 Å². The molecule has 0 aliphatic carbocycles. The number of aryl methyl sites for hydroxylation is 1. The number of thioether (sulfide) groups is 1. The average molecular weight is 282 g/mol. The first-order valence-electron chi connectivity index (χ1n) is 6.31. The molecule has 0 unspecified atom stereocenters. The first-order valence-corrected chi connectivity index (χ1v) is 7.29. The number of nitrogens with zero attached hydrogens (tertiary/aromatic N) is 4. The van der Waals surface area contributed by atoms with Crippen molar-refractivity contribution in [2.24, 2.45) is 0 Å². The smallest absolute Gasteiger partial charge is 0.196 e. The first-order chi connectivity index (χ1) is 9.81. The minimum absolute atomic E-state index is 0.791. The van der Waals surface area contributed by atoms with Crippen LogP contribution in [0.2, 0.25) is 0 Å². The highest BCUT2D eigenvalue weighted by Crippen LogP contribution is 2.26. The Morgan fingerprint density at radius 3 is 2.85 bits per heavy atom. The highest BCUT2D eigenvalue weighted by molar-refractivity contribution is 7.99. The number of fused-ring (bicyclic) bond motifs is 1. The lowest BCUT2D eigenvalue weighted by Gasteiger charge is -2.05. The molecule has 0 N–H and O–H groups in total. The fraction of sp³-hybridized carbons (Fsp3) is 0.133. The van der Waals surface area contributed by atoms with Crippen LogP contribution in [-0.4, -0.2) is 25.3 Å². The molecule has 3 rings (SSSR count). The molecule has 100 valence electrons. The number of rotatable bonds is 4. The van der Waals surface area contributed by atoms with Crippen LogP contribution in [0.3, 0.4) is 0 Å². The van der Waals surface area contributed by atoms with Gasteiger partial charge in [0.2, 0.25) is 0 Å². The van der Waals surface area contributed by atoms with Gasteiger partial charge in [0.25, 0.3) is 0 Å². The molecule has 0 atom stereocenters. The van der Waals surface area contributed by atoms with E-state index < -0.39 is 0 Å². The predicted octanol–water partition coefficient (Wildman–Crippen LogP) is 3.38. The van der Waals surface area contributed by atoms with Crippen LogP contribution in [-0.2, 0) is 0 Å². The average Bonchev–Trinajstić information content (AvgIpc) is 2.84. The van der Waals surface area contributed by atoms with Gasteiger partial charge < -0.3 is 0 Å². The largest absolute Gasteiger partial charge is 0.268 e. The van der Waals surface area contributed by atoms with E-state index in [1.165, 1.54) is 0 Å². The maximum absolute atomic E-state index is 4.67. The summed E-state index contributed by atoms with van der Waals surface area (Å²) in [5.41, 5.74) is 3.02. The van der Waals surface area contributed by atoms with Crippen molar-refractivity contribution in [2.75, 3.05) is 5.75 Å². The van der Waals surface area contributed by atoms with Crippen molar-refractivity contribution >= 4 is 17.3 Å². The van der Waals surface area contributed by atoms with Gasteiger partial charge in [-0.1, -0.05) is 48.2 Å². The zero-order valence-corrected chi connectivity index (χ0v) is 12.0. The third-order valence-corrected chi connectivity index (χ3v) is 3.90. The van der Waals surface area contributed by atoms with E-state index in [1.807, 2.05) is 31.2 Å². The fourth-order valence-corrected chi connectivity index (χ4v) is 2.76. The van der Waals surface area contributed by atoms with Crippen molar-refractivity contribution in [1.82, 2.24) is 19.6 Å². The van der Waals surface area contributed by atoms with Crippen molar-refractivity contribution < 1.29 is 0 Å². The van der Waals surface area contributed by atoms with Crippen LogP contribution >= 0.6 is 11.8 Å². The van der Waals surface area contributed by atoms with Gasteiger partial charge in [0.15, 0.2) is 5.16 Å². The van der Waals surface area contributed by atoms with Crippen molar-refractivity contribution in [3.05, 3.63) is 54.9 Å². The van der Waals surface area contributed by atoms with E-state index in [0.717, 1.165) is 33.5 Å². The number of aromatic nitrogens is 4. The van der Waals surface area contributed by atoms with E-state index in [-0.39, 0.29) is 0 Å². The normalized spacial score (nSPS) is 10.8. The van der Waals surface area contributed by atoms with Crippen LogP contribution in [0, 0.1) is 6.92 Å². The minimum Gasteiger partial charge on any atom is -0.268 e. The second kappa shape index (κ2) is 5.46. The maximum atomic E-state index is 4.67. The van der Waals surface area contributed by atoms with Crippen molar-refractivity contribution in [2.45, 2.75) is 12.1 Å². The summed E-state index contributed by atoms with van der Waals surface area (Å²) in [6.07, 6.45) is 3.61. The Balaban J connectivity index is 2.24. The summed E-state index contributed by atoms with van der Waals surface area (Å²) < 4.78 is 2.06. The van der Waals surface area contributed by atoms with Crippen molar-refractivity contribution in [1.29, 1.82) is 0 Å². The molecule has 2 heterocycles. The van der Waals surface area contributed by atoms with Crippen LogP contribution in [0.5, 0.6) is 0 Å². The van der Waals surface area contributed by atoms with E-state index in [1.54, 1.807) is 18.0 Å². The Kier molecular flexibility index (Phi) is 3.52. The van der Waals surface area contributed by atoms with Gasteiger partial charge in [-0.15, -0.1) is 11.7 Å². The van der Waals surface area contributed by atoms with Gasteiger partial charge in [-0.2, -0.15) is 5.10 Å².